The van der Waals surface area contributed by atoms with E-state index in [4.69, 9.17) is 0 Å². The molecule has 13 heavy (non-hydrogen) atoms. The maximum atomic E-state index is 11.9. The molecule has 0 saturated heterocycles. The maximum Gasteiger partial charge on any atom is 0.387 e. The Bertz CT molecular complexity index is 315. The van der Waals surface area contributed by atoms with E-state index in [1.54, 1.807) is 6.07 Å². The lowest BCUT2D eigenvalue weighted by Crippen LogP contribution is -2.04. The van der Waals surface area contributed by atoms with Crippen LogP contribution in [0.3, 0.4) is 0 Å². The molecule has 0 amide bonds. The van der Waals surface area contributed by atoms with Crippen molar-refractivity contribution in [1.29, 1.82) is 0 Å². The molecule has 0 fully saturated rings. The number of para-hydroxylation sites is 1. The van der Waals surface area contributed by atoms with E-state index in [9.17, 15) is 13.6 Å². The molecule has 0 spiro atoms. The van der Waals surface area contributed by atoms with Crippen molar-refractivity contribution in [3.63, 3.8) is 0 Å². The lowest BCUT2D eigenvalue weighted by atomic mass is 10.2. The number of hydrogen-bond donors (Lipinski definition) is 0. The van der Waals surface area contributed by atoms with E-state index in [0.717, 1.165) is 0 Å². The number of hydrogen-bond acceptors (Lipinski definition) is 2. The summed E-state index contributed by atoms with van der Waals surface area (Å²) in [6.45, 7) is -2.93. The fraction of sp³-hybridized carbons (Fsp3) is 0.125. The average Bonchev–Trinajstić information content (AvgIpc) is 2.08. The number of halogens is 3. The van der Waals surface area contributed by atoms with E-state index >= 15 is 0 Å². The van der Waals surface area contributed by atoms with Crippen LogP contribution in [0.1, 0.15) is 10.4 Å². The maximum absolute atomic E-state index is 11.9. The Morgan fingerprint density at radius 2 is 2.15 bits per heavy atom. The molecule has 70 valence electrons. The van der Waals surface area contributed by atoms with Crippen LogP contribution in [-0.4, -0.2) is 12.9 Å². The highest BCUT2D eigenvalue weighted by atomic mass is 79.9. The van der Waals surface area contributed by atoms with Gasteiger partial charge in [-0.1, -0.05) is 6.07 Å². The monoisotopic (exact) mass is 250 g/mol. The molecule has 0 aromatic heterocycles. The van der Waals surface area contributed by atoms with E-state index in [-0.39, 0.29) is 11.3 Å². The van der Waals surface area contributed by atoms with Crippen LogP contribution in [0.15, 0.2) is 22.7 Å². The molecule has 0 heterocycles. The van der Waals surface area contributed by atoms with Crippen molar-refractivity contribution in [3.05, 3.63) is 28.2 Å². The standard InChI is InChI=1S/C8H5BrF2O2/c9-6-3-1-2-5(4-12)7(6)13-8(10)11/h1-4,8H. The van der Waals surface area contributed by atoms with Crippen molar-refractivity contribution in [2.45, 2.75) is 6.61 Å². The Hall–Kier alpha value is -0.970. The highest BCUT2D eigenvalue weighted by Gasteiger charge is 2.12. The molecular weight excluding hydrogens is 246 g/mol. The molecule has 0 saturated carbocycles. The minimum Gasteiger partial charge on any atom is -0.433 e. The van der Waals surface area contributed by atoms with E-state index in [2.05, 4.69) is 20.7 Å². The normalized spacial score (nSPS) is 10.2. The molecular formula is C8H5BrF2O2. The first-order valence-electron chi connectivity index (χ1n) is 3.33. The first-order valence-corrected chi connectivity index (χ1v) is 4.13. The van der Waals surface area contributed by atoms with Crippen LogP contribution in [0.4, 0.5) is 8.78 Å². The number of carbonyl (C=O) groups is 1. The van der Waals surface area contributed by atoms with Gasteiger partial charge in [-0.05, 0) is 28.1 Å². The zero-order valence-electron chi connectivity index (χ0n) is 6.34. The minimum absolute atomic E-state index is 0.0923. The molecule has 0 aliphatic rings. The Balaban J connectivity index is 3.07. The van der Waals surface area contributed by atoms with Gasteiger partial charge >= 0.3 is 6.61 Å². The van der Waals surface area contributed by atoms with Crippen LogP contribution >= 0.6 is 15.9 Å². The fourth-order valence-electron chi connectivity index (χ4n) is 0.832. The topological polar surface area (TPSA) is 26.3 Å². The number of aldehydes is 1. The van der Waals surface area contributed by atoms with Gasteiger partial charge in [0, 0.05) is 0 Å². The molecule has 0 N–H and O–H groups in total. The lowest BCUT2D eigenvalue weighted by Gasteiger charge is -2.08. The minimum atomic E-state index is -2.93. The molecule has 2 nitrogen and oxygen atoms in total. The molecule has 0 bridgehead atoms. The van der Waals surface area contributed by atoms with Gasteiger partial charge in [0.05, 0.1) is 10.0 Å². The molecule has 1 aromatic rings. The van der Waals surface area contributed by atoms with E-state index < -0.39 is 6.61 Å². The third kappa shape index (κ3) is 2.48. The van der Waals surface area contributed by atoms with Crippen molar-refractivity contribution in [2.75, 3.05) is 0 Å². The van der Waals surface area contributed by atoms with Crippen LogP contribution in [0, 0.1) is 0 Å². The van der Waals surface area contributed by atoms with Gasteiger partial charge in [0.15, 0.2) is 12.0 Å². The van der Waals surface area contributed by atoms with E-state index in [1.807, 2.05) is 0 Å². The van der Waals surface area contributed by atoms with Crippen LogP contribution in [0.2, 0.25) is 0 Å². The number of carbonyl (C=O) groups excluding carboxylic acids is 1. The largest absolute Gasteiger partial charge is 0.433 e. The Morgan fingerprint density at radius 1 is 1.46 bits per heavy atom. The van der Waals surface area contributed by atoms with Crippen LogP contribution in [-0.2, 0) is 0 Å². The Labute approximate surface area is 81.6 Å². The molecule has 0 aliphatic carbocycles. The highest BCUT2D eigenvalue weighted by molar-refractivity contribution is 9.10. The smallest absolute Gasteiger partial charge is 0.387 e. The summed E-state index contributed by atoms with van der Waals surface area (Å²) in [6, 6.07) is 4.48. The second kappa shape index (κ2) is 4.32. The molecule has 1 rings (SSSR count). The first-order chi connectivity index (χ1) is 6.15. The van der Waals surface area contributed by atoms with Crippen LogP contribution in [0.25, 0.3) is 0 Å². The van der Waals surface area contributed by atoms with Gasteiger partial charge in [0.2, 0.25) is 0 Å². The zero-order chi connectivity index (χ0) is 9.84. The van der Waals surface area contributed by atoms with Crippen molar-refractivity contribution in [3.8, 4) is 5.75 Å². The molecule has 1 aromatic carbocycles. The van der Waals surface area contributed by atoms with Crippen molar-refractivity contribution >= 4 is 22.2 Å². The number of ether oxygens (including phenoxy) is 1. The van der Waals surface area contributed by atoms with E-state index in [0.29, 0.717) is 10.8 Å². The third-order valence-electron chi connectivity index (χ3n) is 1.33. The quantitative estimate of drug-likeness (QED) is 0.772. The van der Waals surface area contributed by atoms with Gasteiger partial charge in [0.1, 0.15) is 0 Å². The predicted octanol–water partition coefficient (Wildman–Crippen LogP) is 2.86. The van der Waals surface area contributed by atoms with Gasteiger partial charge in [-0.2, -0.15) is 8.78 Å². The molecule has 0 radical (unpaired) electrons. The zero-order valence-corrected chi connectivity index (χ0v) is 7.92. The third-order valence-corrected chi connectivity index (χ3v) is 1.96. The molecule has 5 heteroatoms. The van der Waals surface area contributed by atoms with Gasteiger partial charge in [-0.3, -0.25) is 4.79 Å². The Kier molecular flexibility index (Phi) is 3.36. The Morgan fingerprint density at radius 3 is 2.69 bits per heavy atom. The van der Waals surface area contributed by atoms with Crippen LogP contribution in [0.5, 0.6) is 5.75 Å². The lowest BCUT2D eigenvalue weighted by molar-refractivity contribution is -0.0505. The van der Waals surface area contributed by atoms with Gasteiger partial charge in [0.25, 0.3) is 0 Å². The first kappa shape index (κ1) is 10.1. The molecule has 0 unspecified atom stereocenters. The van der Waals surface area contributed by atoms with E-state index in [1.165, 1.54) is 12.1 Å². The summed E-state index contributed by atoms with van der Waals surface area (Å²) < 4.78 is 28.2. The summed E-state index contributed by atoms with van der Waals surface area (Å²) in [5, 5.41) is 0. The summed E-state index contributed by atoms with van der Waals surface area (Å²) in [6.07, 6.45) is 0.461. The average molecular weight is 251 g/mol. The highest BCUT2D eigenvalue weighted by Crippen LogP contribution is 2.29. The van der Waals surface area contributed by atoms with Crippen molar-refractivity contribution in [2.24, 2.45) is 0 Å². The van der Waals surface area contributed by atoms with Crippen molar-refractivity contribution < 1.29 is 18.3 Å². The second-order valence-corrected chi connectivity index (χ2v) is 3.01. The summed E-state index contributed by atoms with van der Waals surface area (Å²) in [5.41, 5.74) is 0.0923. The molecule has 0 atom stereocenters. The SMILES string of the molecule is O=Cc1cccc(Br)c1OC(F)F. The summed E-state index contributed by atoms with van der Waals surface area (Å²) in [5.74, 6) is -0.132. The van der Waals surface area contributed by atoms with Crippen molar-refractivity contribution in [1.82, 2.24) is 0 Å². The summed E-state index contributed by atoms with van der Waals surface area (Å²) in [7, 11) is 0. The van der Waals surface area contributed by atoms with Gasteiger partial charge in [-0.25, -0.2) is 0 Å². The number of benzene rings is 1. The fourth-order valence-corrected chi connectivity index (χ4v) is 1.31. The van der Waals surface area contributed by atoms with Gasteiger partial charge < -0.3 is 4.74 Å². The predicted molar refractivity (Wildman–Crippen MR) is 46.2 cm³/mol. The van der Waals surface area contributed by atoms with Gasteiger partial charge in [-0.15, -0.1) is 0 Å². The summed E-state index contributed by atoms with van der Waals surface area (Å²) in [4.78, 5) is 10.4. The van der Waals surface area contributed by atoms with Crippen LogP contribution < -0.4 is 4.74 Å². The second-order valence-electron chi connectivity index (χ2n) is 2.15. The number of rotatable bonds is 3. The molecule has 0 aliphatic heterocycles. The number of alkyl halides is 2. The summed E-state index contributed by atoms with van der Waals surface area (Å²) >= 11 is 3.00.